The van der Waals surface area contributed by atoms with Gasteiger partial charge < -0.3 is 5.32 Å². The van der Waals surface area contributed by atoms with Crippen LogP contribution in [0.15, 0.2) is 0 Å². The average Bonchev–Trinajstić information content (AvgIpc) is 1.73. The number of hydrogen-bond acceptors (Lipinski definition) is 2. The molecule has 0 aromatic carbocycles. The summed E-state index contributed by atoms with van der Waals surface area (Å²) in [5, 5.41) is 3.45. The smallest absolute Gasteiger partial charge is 0.0480 e. The molecule has 1 N–H and O–H groups in total. The van der Waals surface area contributed by atoms with Gasteiger partial charge in [0.05, 0.1) is 0 Å². The molecule has 0 unspecified atom stereocenters. The zero-order valence-electron chi connectivity index (χ0n) is 7.98. The third kappa shape index (κ3) is 3.73. The van der Waals surface area contributed by atoms with Gasteiger partial charge in [-0.3, -0.25) is 4.90 Å². The summed E-state index contributed by atoms with van der Waals surface area (Å²) in [5.41, 5.74) is 0.421. The molecule has 0 aromatic heterocycles. The van der Waals surface area contributed by atoms with E-state index in [0.717, 1.165) is 13.2 Å². The molecule has 1 saturated heterocycles. The summed E-state index contributed by atoms with van der Waals surface area (Å²) in [6.45, 7) is 11.6. The van der Waals surface area contributed by atoms with Gasteiger partial charge in [-0.05, 0) is 11.8 Å². The van der Waals surface area contributed by atoms with E-state index in [2.05, 4.69) is 31.0 Å². The highest BCUT2D eigenvalue weighted by atomic mass is 15.2. The maximum Gasteiger partial charge on any atom is 0.0480 e. The predicted molar refractivity (Wildman–Crippen MR) is 48.5 cm³/mol. The van der Waals surface area contributed by atoms with Crippen molar-refractivity contribution < 1.29 is 0 Å². The Morgan fingerprint density at radius 1 is 1.27 bits per heavy atom. The van der Waals surface area contributed by atoms with Crippen molar-refractivity contribution >= 4 is 0 Å². The van der Waals surface area contributed by atoms with Gasteiger partial charge in [0, 0.05) is 26.3 Å². The van der Waals surface area contributed by atoms with Crippen molar-refractivity contribution in [2.75, 3.05) is 26.3 Å². The second kappa shape index (κ2) is 3.55. The second-order valence-corrected chi connectivity index (χ2v) is 4.62. The van der Waals surface area contributed by atoms with E-state index in [1.807, 2.05) is 0 Å². The van der Waals surface area contributed by atoms with Crippen LogP contribution in [0.3, 0.4) is 0 Å². The van der Waals surface area contributed by atoms with E-state index in [0.29, 0.717) is 5.41 Å². The summed E-state index contributed by atoms with van der Waals surface area (Å²) in [7, 11) is 0. The van der Waals surface area contributed by atoms with E-state index >= 15 is 0 Å². The Morgan fingerprint density at radius 2 is 1.91 bits per heavy atom. The van der Waals surface area contributed by atoms with Crippen molar-refractivity contribution in [3.63, 3.8) is 0 Å². The predicted octanol–water partition coefficient (Wildman–Crippen LogP) is 1.29. The van der Waals surface area contributed by atoms with Crippen LogP contribution in [0.2, 0.25) is 0 Å². The average molecular weight is 156 g/mol. The molecular weight excluding hydrogens is 136 g/mol. The Labute approximate surface area is 70.0 Å². The molecule has 1 aliphatic heterocycles. The van der Waals surface area contributed by atoms with E-state index in [-0.39, 0.29) is 0 Å². The molecule has 0 aromatic rings. The summed E-state index contributed by atoms with van der Waals surface area (Å²) < 4.78 is 0. The lowest BCUT2D eigenvalue weighted by atomic mass is 9.97. The van der Waals surface area contributed by atoms with Gasteiger partial charge in [0.25, 0.3) is 0 Å². The van der Waals surface area contributed by atoms with E-state index in [9.17, 15) is 0 Å². The maximum atomic E-state index is 3.45. The molecule has 66 valence electrons. The van der Waals surface area contributed by atoms with Crippen LogP contribution in [0.4, 0.5) is 0 Å². The third-order valence-electron chi connectivity index (χ3n) is 1.94. The molecule has 0 bridgehead atoms. The van der Waals surface area contributed by atoms with Crippen LogP contribution >= 0.6 is 0 Å². The Hall–Kier alpha value is -0.0800. The van der Waals surface area contributed by atoms with Crippen molar-refractivity contribution in [1.29, 1.82) is 0 Å². The van der Waals surface area contributed by atoms with Crippen molar-refractivity contribution in [3.05, 3.63) is 0 Å². The van der Waals surface area contributed by atoms with Gasteiger partial charge in [0.15, 0.2) is 0 Å². The van der Waals surface area contributed by atoms with Crippen LogP contribution < -0.4 is 5.32 Å². The Bertz CT molecular complexity index is 111. The molecule has 2 nitrogen and oxygen atoms in total. The van der Waals surface area contributed by atoms with Gasteiger partial charge in [-0.2, -0.15) is 0 Å². The van der Waals surface area contributed by atoms with Crippen LogP contribution in [0, 0.1) is 5.41 Å². The molecule has 1 fully saturated rings. The van der Waals surface area contributed by atoms with Gasteiger partial charge in [0.2, 0.25) is 0 Å². The van der Waals surface area contributed by atoms with Gasteiger partial charge in [0.1, 0.15) is 0 Å². The molecule has 2 heteroatoms. The fourth-order valence-corrected chi connectivity index (χ4v) is 1.13. The summed E-state index contributed by atoms with van der Waals surface area (Å²) in [6, 6.07) is 0. The molecule has 0 amide bonds. The van der Waals surface area contributed by atoms with E-state index in [1.54, 1.807) is 0 Å². The Morgan fingerprint density at radius 3 is 2.27 bits per heavy atom. The van der Waals surface area contributed by atoms with Crippen LogP contribution in [0.5, 0.6) is 0 Å². The lowest BCUT2D eigenvalue weighted by Crippen LogP contribution is -2.45. The summed E-state index contributed by atoms with van der Waals surface area (Å²) >= 11 is 0. The molecule has 11 heavy (non-hydrogen) atoms. The minimum atomic E-state index is 0.421. The molecule has 0 saturated carbocycles. The molecule has 1 heterocycles. The van der Waals surface area contributed by atoms with Crippen LogP contribution in [-0.2, 0) is 0 Å². The standard InChI is InChI=1S/C9H20N2/c1-9(2,3)7-10-8-11-5-4-6-11/h10H,4-8H2,1-3H3. The fourth-order valence-electron chi connectivity index (χ4n) is 1.13. The highest BCUT2D eigenvalue weighted by Crippen LogP contribution is 2.10. The zero-order valence-corrected chi connectivity index (χ0v) is 7.98. The van der Waals surface area contributed by atoms with E-state index < -0.39 is 0 Å². The highest BCUT2D eigenvalue weighted by Gasteiger charge is 2.14. The van der Waals surface area contributed by atoms with Crippen LogP contribution in [0.1, 0.15) is 27.2 Å². The monoisotopic (exact) mass is 156 g/mol. The number of nitrogens with one attached hydrogen (secondary N) is 1. The molecule has 1 aliphatic rings. The number of likely N-dealkylation sites (tertiary alicyclic amines) is 1. The number of nitrogens with zero attached hydrogens (tertiary/aromatic N) is 1. The van der Waals surface area contributed by atoms with Crippen molar-refractivity contribution in [2.24, 2.45) is 5.41 Å². The molecular formula is C9H20N2. The first-order valence-electron chi connectivity index (χ1n) is 4.51. The molecule has 0 spiro atoms. The lowest BCUT2D eigenvalue weighted by molar-refractivity contribution is 0.159. The van der Waals surface area contributed by atoms with Gasteiger partial charge >= 0.3 is 0 Å². The van der Waals surface area contributed by atoms with Gasteiger partial charge in [-0.15, -0.1) is 0 Å². The van der Waals surface area contributed by atoms with Crippen LogP contribution in [0.25, 0.3) is 0 Å². The summed E-state index contributed by atoms with van der Waals surface area (Å²) in [6.07, 6.45) is 1.39. The summed E-state index contributed by atoms with van der Waals surface area (Å²) in [4.78, 5) is 2.44. The fraction of sp³-hybridized carbons (Fsp3) is 1.00. The van der Waals surface area contributed by atoms with Crippen molar-refractivity contribution in [1.82, 2.24) is 10.2 Å². The SMILES string of the molecule is CC(C)(C)CNCN1CCC1. The molecule has 1 rings (SSSR count). The van der Waals surface area contributed by atoms with Gasteiger partial charge in [-0.25, -0.2) is 0 Å². The molecule has 0 aliphatic carbocycles. The normalized spacial score (nSPS) is 19.9. The Balaban J connectivity index is 1.95. The number of hydrogen-bond donors (Lipinski definition) is 1. The second-order valence-electron chi connectivity index (χ2n) is 4.62. The van der Waals surface area contributed by atoms with Crippen LogP contribution in [-0.4, -0.2) is 31.2 Å². The minimum Gasteiger partial charge on any atom is -0.304 e. The van der Waals surface area contributed by atoms with E-state index in [4.69, 9.17) is 0 Å². The number of rotatable bonds is 3. The first kappa shape index (κ1) is 9.01. The molecule has 0 radical (unpaired) electrons. The zero-order chi connectivity index (χ0) is 8.32. The third-order valence-corrected chi connectivity index (χ3v) is 1.94. The maximum absolute atomic E-state index is 3.45. The minimum absolute atomic E-state index is 0.421. The first-order chi connectivity index (χ1) is 5.08. The first-order valence-corrected chi connectivity index (χ1v) is 4.51. The van der Waals surface area contributed by atoms with Crippen molar-refractivity contribution in [3.8, 4) is 0 Å². The molecule has 0 atom stereocenters. The summed E-state index contributed by atoms with van der Waals surface area (Å²) in [5.74, 6) is 0. The topological polar surface area (TPSA) is 15.3 Å². The highest BCUT2D eigenvalue weighted by molar-refractivity contribution is 4.69. The largest absolute Gasteiger partial charge is 0.304 e. The van der Waals surface area contributed by atoms with Crippen molar-refractivity contribution in [2.45, 2.75) is 27.2 Å². The van der Waals surface area contributed by atoms with E-state index in [1.165, 1.54) is 19.5 Å². The van der Waals surface area contributed by atoms with Gasteiger partial charge in [-0.1, -0.05) is 20.8 Å². The quantitative estimate of drug-likeness (QED) is 0.662. The lowest BCUT2D eigenvalue weighted by Gasteiger charge is -2.32. The Kier molecular flexibility index (Phi) is 2.90.